The third-order valence-corrected chi connectivity index (χ3v) is 10.3. The molecule has 0 aliphatic heterocycles. The van der Waals surface area contributed by atoms with E-state index in [-0.39, 0.29) is 0 Å². The number of aromatic nitrogens is 2. The maximum Gasteiger partial charge on any atom is 0.0972 e. The topological polar surface area (TPSA) is 25.8 Å². The van der Waals surface area contributed by atoms with Crippen LogP contribution in [-0.2, 0) is 25.7 Å². The Labute approximate surface area is 248 Å². The SMILES string of the molecule is CCCCc1csc(-c2ccc3ccc4ccc(-c5scc(CCCC)c5CCCC)nc4c3n2)c1CCCC. The van der Waals surface area contributed by atoms with E-state index in [0.717, 1.165) is 35.3 Å². The van der Waals surface area contributed by atoms with Gasteiger partial charge in [0.15, 0.2) is 0 Å². The van der Waals surface area contributed by atoms with Crippen LogP contribution in [0.3, 0.4) is 0 Å². The van der Waals surface area contributed by atoms with Crippen molar-refractivity contribution in [3.8, 4) is 21.1 Å². The minimum absolute atomic E-state index is 1.03. The Morgan fingerprint density at radius 3 is 1.27 bits per heavy atom. The normalized spacial score (nSPS) is 11.7. The average Bonchev–Trinajstić information content (AvgIpc) is 3.59. The summed E-state index contributed by atoms with van der Waals surface area (Å²) in [6, 6.07) is 13.4. The van der Waals surface area contributed by atoms with Gasteiger partial charge in [-0.1, -0.05) is 77.6 Å². The van der Waals surface area contributed by atoms with E-state index in [9.17, 15) is 0 Å². The standard InChI is InChI=1S/C36H44N2S2/c1-5-9-13-27-23-39-35(29(27)15-11-7-3)31-21-19-25-17-18-26-20-22-32(38-34(26)33(25)37-31)36-30(16-12-8-4)28(24-40-36)14-10-6-2/h17-24H,5-16H2,1-4H3. The molecular weight excluding hydrogens is 525 g/mol. The van der Waals surface area contributed by atoms with Crippen LogP contribution in [0.5, 0.6) is 0 Å². The van der Waals surface area contributed by atoms with Crippen molar-refractivity contribution >= 4 is 44.5 Å². The van der Waals surface area contributed by atoms with Gasteiger partial charge in [-0.15, -0.1) is 22.7 Å². The lowest BCUT2D eigenvalue weighted by atomic mass is 9.98. The highest BCUT2D eigenvalue weighted by molar-refractivity contribution is 7.14. The summed E-state index contributed by atoms with van der Waals surface area (Å²) in [6.07, 6.45) is 14.5. The monoisotopic (exact) mass is 568 g/mol. The molecule has 0 unspecified atom stereocenters. The van der Waals surface area contributed by atoms with Crippen LogP contribution in [0.25, 0.3) is 42.9 Å². The molecule has 210 valence electrons. The van der Waals surface area contributed by atoms with E-state index < -0.39 is 0 Å². The largest absolute Gasteiger partial charge is 0.245 e. The molecule has 0 atom stereocenters. The van der Waals surface area contributed by atoms with Crippen LogP contribution < -0.4 is 0 Å². The van der Waals surface area contributed by atoms with Crippen molar-refractivity contribution in [2.75, 3.05) is 0 Å². The Morgan fingerprint density at radius 1 is 0.500 bits per heavy atom. The van der Waals surface area contributed by atoms with Crippen LogP contribution in [-0.4, -0.2) is 9.97 Å². The summed E-state index contributed by atoms with van der Waals surface area (Å²) in [4.78, 5) is 13.4. The minimum atomic E-state index is 1.03. The first-order valence-corrected chi connectivity index (χ1v) is 17.3. The van der Waals surface area contributed by atoms with Crippen LogP contribution in [0.4, 0.5) is 0 Å². The number of unbranched alkanes of at least 4 members (excludes halogenated alkanes) is 4. The van der Waals surface area contributed by atoms with Crippen LogP contribution in [0.1, 0.15) is 101 Å². The molecule has 0 N–H and O–H groups in total. The average molecular weight is 569 g/mol. The quantitative estimate of drug-likeness (QED) is 0.124. The van der Waals surface area contributed by atoms with E-state index in [1.807, 2.05) is 22.7 Å². The lowest BCUT2D eigenvalue weighted by Gasteiger charge is -2.11. The second kappa shape index (κ2) is 13.9. The molecule has 5 aromatic rings. The molecule has 0 fully saturated rings. The fourth-order valence-corrected chi connectivity index (χ4v) is 7.96. The first-order chi connectivity index (χ1) is 19.7. The molecule has 0 saturated carbocycles. The van der Waals surface area contributed by atoms with Crippen LogP contribution in [0, 0.1) is 0 Å². The van der Waals surface area contributed by atoms with Crippen molar-refractivity contribution in [3.05, 3.63) is 69.4 Å². The summed E-state index contributed by atoms with van der Waals surface area (Å²) in [6.45, 7) is 9.14. The van der Waals surface area contributed by atoms with Gasteiger partial charge in [-0.05, 0) is 96.5 Å². The highest BCUT2D eigenvalue weighted by Gasteiger charge is 2.17. The van der Waals surface area contributed by atoms with Gasteiger partial charge in [-0.25, -0.2) is 9.97 Å². The number of benzene rings is 1. The maximum atomic E-state index is 5.34. The second-order valence-corrected chi connectivity index (χ2v) is 12.9. The molecule has 0 aliphatic carbocycles. The van der Waals surface area contributed by atoms with Gasteiger partial charge < -0.3 is 0 Å². The molecule has 0 radical (unpaired) electrons. The van der Waals surface area contributed by atoms with Crippen molar-refractivity contribution in [1.29, 1.82) is 0 Å². The van der Waals surface area contributed by atoms with Gasteiger partial charge in [-0.3, -0.25) is 0 Å². The number of aryl methyl sites for hydroxylation is 2. The fourth-order valence-electron chi connectivity index (χ4n) is 5.70. The van der Waals surface area contributed by atoms with E-state index >= 15 is 0 Å². The molecule has 4 heterocycles. The zero-order chi connectivity index (χ0) is 27.9. The van der Waals surface area contributed by atoms with Gasteiger partial charge in [0.05, 0.1) is 32.2 Å². The molecule has 2 nitrogen and oxygen atoms in total. The summed E-state index contributed by atoms with van der Waals surface area (Å²) in [5, 5.41) is 7.12. The molecule has 4 heteroatoms. The van der Waals surface area contributed by atoms with Crippen molar-refractivity contribution in [2.45, 2.75) is 105 Å². The number of nitrogens with zero attached hydrogens (tertiary/aromatic N) is 2. The number of hydrogen-bond acceptors (Lipinski definition) is 4. The molecule has 0 aliphatic rings. The Kier molecular flexibility index (Phi) is 10.0. The molecule has 1 aromatic carbocycles. The third kappa shape index (κ3) is 6.19. The zero-order valence-corrected chi connectivity index (χ0v) is 26.4. The van der Waals surface area contributed by atoms with Crippen molar-refractivity contribution in [2.24, 2.45) is 0 Å². The first kappa shape index (κ1) is 29.0. The predicted octanol–water partition coefficient (Wildman–Crippen LogP) is 11.6. The van der Waals surface area contributed by atoms with Crippen LogP contribution in [0.2, 0.25) is 0 Å². The van der Waals surface area contributed by atoms with Gasteiger partial charge in [-0.2, -0.15) is 0 Å². The first-order valence-electron chi connectivity index (χ1n) is 15.6. The summed E-state index contributed by atoms with van der Waals surface area (Å²) in [5.74, 6) is 0. The van der Waals surface area contributed by atoms with E-state index in [1.54, 1.807) is 0 Å². The smallest absolute Gasteiger partial charge is 0.0972 e. The maximum absolute atomic E-state index is 5.34. The van der Waals surface area contributed by atoms with Crippen molar-refractivity contribution in [3.63, 3.8) is 0 Å². The summed E-state index contributed by atoms with van der Waals surface area (Å²) >= 11 is 3.76. The Morgan fingerprint density at radius 2 is 0.875 bits per heavy atom. The zero-order valence-electron chi connectivity index (χ0n) is 24.8. The van der Waals surface area contributed by atoms with Crippen molar-refractivity contribution in [1.82, 2.24) is 9.97 Å². The van der Waals surface area contributed by atoms with Gasteiger partial charge >= 0.3 is 0 Å². The summed E-state index contributed by atoms with van der Waals surface area (Å²) < 4.78 is 0. The number of fused-ring (bicyclic) bond motifs is 3. The predicted molar refractivity (Wildman–Crippen MR) is 178 cm³/mol. The lowest BCUT2D eigenvalue weighted by Crippen LogP contribution is -1.96. The Hall–Kier alpha value is -2.56. The third-order valence-electron chi connectivity index (χ3n) is 8.11. The molecule has 0 saturated heterocycles. The number of hydrogen-bond donors (Lipinski definition) is 0. The van der Waals surface area contributed by atoms with Crippen molar-refractivity contribution < 1.29 is 0 Å². The van der Waals surface area contributed by atoms with E-state index in [2.05, 4.69) is 74.9 Å². The second-order valence-electron chi connectivity index (χ2n) is 11.2. The fraction of sp³-hybridized carbons (Fsp3) is 0.444. The highest BCUT2D eigenvalue weighted by atomic mass is 32.1. The number of rotatable bonds is 14. The Bertz CT molecular complexity index is 1440. The van der Waals surface area contributed by atoms with E-state index in [4.69, 9.17) is 9.97 Å². The van der Waals surface area contributed by atoms with Gasteiger partial charge in [0.1, 0.15) is 0 Å². The number of thiophene rings is 2. The molecule has 5 rings (SSSR count). The lowest BCUT2D eigenvalue weighted by molar-refractivity contribution is 0.763. The molecule has 40 heavy (non-hydrogen) atoms. The van der Waals surface area contributed by atoms with Crippen LogP contribution >= 0.6 is 22.7 Å². The molecule has 0 amide bonds. The van der Waals surface area contributed by atoms with Gasteiger partial charge in [0, 0.05) is 10.8 Å². The van der Waals surface area contributed by atoms with Gasteiger partial charge in [0.25, 0.3) is 0 Å². The van der Waals surface area contributed by atoms with E-state index in [0.29, 0.717) is 0 Å². The van der Waals surface area contributed by atoms with Gasteiger partial charge in [0.2, 0.25) is 0 Å². The Balaban J connectivity index is 1.60. The minimum Gasteiger partial charge on any atom is -0.245 e. The molecule has 4 aromatic heterocycles. The molecule has 0 bridgehead atoms. The number of pyridine rings is 2. The van der Waals surface area contributed by atoms with Crippen LogP contribution in [0.15, 0.2) is 47.2 Å². The molecular formula is C36H44N2S2. The van der Waals surface area contributed by atoms with E-state index in [1.165, 1.54) is 107 Å². The summed E-state index contributed by atoms with van der Waals surface area (Å²) in [5.41, 5.74) is 10.4. The highest BCUT2D eigenvalue weighted by Crippen LogP contribution is 2.38. The summed E-state index contributed by atoms with van der Waals surface area (Å²) in [7, 11) is 0. The molecule has 0 spiro atoms.